The van der Waals surface area contributed by atoms with E-state index in [1.165, 1.54) is 64.2 Å². The first-order chi connectivity index (χ1) is 13.8. The lowest BCUT2D eigenvalue weighted by Gasteiger charge is -2.58. The van der Waals surface area contributed by atoms with E-state index < -0.39 is 0 Å². The summed E-state index contributed by atoms with van der Waals surface area (Å²) in [6.07, 6.45) is 22.3. The summed E-state index contributed by atoms with van der Waals surface area (Å²) in [6.45, 7) is 15.0. The van der Waals surface area contributed by atoms with E-state index in [0.29, 0.717) is 10.8 Å². The molecule has 0 saturated heterocycles. The van der Waals surface area contributed by atoms with Gasteiger partial charge in [0.1, 0.15) is 0 Å². The van der Waals surface area contributed by atoms with Crippen LogP contribution in [0.2, 0.25) is 0 Å². The fraction of sp³-hybridized carbons (Fsp3) is 0.862. The molecule has 3 saturated carbocycles. The number of hydrogen-bond acceptors (Lipinski definition) is 0. The van der Waals surface area contributed by atoms with E-state index in [0.717, 1.165) is 41.4 Å². The lowest BCUT2D eigenvalue weighted by molar-refractivity contribution is -0.0558. The molecule has 164 valence electrons. The number of rotatable bonds is 5. The van der Waals surface area contributed by atoms with Crippen LogP contribution < -0.4 is 0 Å². The molecule has 8 unspecified atom stereocenters. The maximum absolute atomic E-state index is 2.71. The van der Waals surface area contributed by atoms with E-state index in [2.05, 4.69) is 59.8 Å². The van der Waals surface area contributed by atoms with Gasteiger partial charge in [-0.05, 0) is 116 Å². The Morgan fingerprint density at radius 2 is 1.79 bits per heavy atom. The monoisotopic (exact) mass is 396 g/mol. The Labute approximate surface area is 182 Å². The van der Waals surface area contributed by atoms with E-state index in [1.807, 2.05) is 5.57 Å². The molecule has 0 amide bonds. The van der Waals surface area contributed by atoms with Gasteiger partial charge in [-0.15, -0.1) is 0 Å². The van der Waals surface area contributed by atoms with Gasteiger partial charge in [0.2, 0.25) is 0 Å². The van der Waals surface area contributed by atoms with Crippen LogP contribution in [0.15, 0.2) is 23.8 Å². The van der Waals surface area contributed by atoms with Crippen molar-refractivity contribution >= 4 is 0 Å². The molecule has 0 heterocycles. The van der Waals surface area contributed by atoms with Gasteiger partial charge in [-0.3, -0.25) is 0 Å². The van der Waals surface area contributed by atoms with Crippen LogP contribution >= 0.6 is 0 Å². The second kappa shape index (κ2) is 8.20. The van der Waals surface area contributed by atoms with E-state index in [9.17, 15) is 0 Å². The van der Waals surface area contributed by atoms with E-state index in [1.54, 1.807) is 0 Å². The van der Waals surface area contributed by atoms with Crippen LogP contribution in [0.3, 0.4) is 0 Å². The first-order valence-electron chi connectivity index (χ1n) is 13.2. The van der Waals surface area contributed by atoms with Gasteiger partial charge < -0.3 is 0 Å². The second-order valence-corrected chi connectivity index (χ2v) is 12.2. The zero-order valence-corrected chi connectivity index (χ0v) is 20.3. The molecule has 4 rings (SSSR count). The molecule has 4 aliphatic rings. The molecule has 0 N–H and O–H groups in total. The maximum Gasteiger partial charge on any atom is -0.00853 e. The Morgan fingerprint density at radius 1 is 1.00 bits per heavy atom. The third-order valence-electron chi connectivity index (χ3n) is 10.7. The molecule has 4 aliphatic carbocycles. The summed E-state index contributed by atoms with van der Waals surface area (Å²) in [5.41, 5.74) is 3.01. The standard InChI is InChI=1S/C29H48/c1-7-22(20(2)3)12-11-21(4)25-15-16-26-24-14-13-23-10-8-9-18-28(23,5)27(24)17-19-29(25,26)6/h10-12,20-22,24-27H,7-9,13-19H2,1-6H3/b12-11+. The first-order valence-corrected chi connectivity index (χ1v) is 13.2. The predicted octanol–water partition coefficient (Wildman–Crippen LogP) is 8.83. The third-order valence-corrected chi connectivity index (χ3v) is 10.7. The average molecular weight is 397 g/mol. The highest BCUT2D eigenvalue weighted by Crippen LogP contribution is 2.67. The Hall–Kier alpha value is -0.520. The van der Waals surface area contributed by atoms with Crippen LogP contribution in [0.1, 0.15) is 106 Å². The molecule has 3 fully saturated rings. The van der Waals surface area contributed by atoms with E-state index >= 15 is 0 Å². The summed E-state index contributed by atoms with van der Waals surface area (Å²) >= 11 is 0. The zero-order valence-electron chi connectivity index (χ0n) is 20.3. The summed E-state index contributed by atoms with van der Waals surface area (Å²) in [6, 6.07) is 0. The van der Waals surface area contributed by atoms with Crippen molar-refractivity contribution in [2.45, 2.75) is 106 Å². The van der Waals surface area contributed by atoms with Crippen molar-refractivity contribution in [3.05, 3.63) is 23.8 Å². The van der Waals surface area contributed by atoms with Crippen molar-refractivity contribution in [1.82, 2.24) is 0 Å². The second-order valence-electron chi connectivity index (χ2n) is 12.2. The molecule has 29 heavy (non-hydrogen) atoms. The normalized spacial score (nSPS) is 44.2. The summed E-state index contributed by atoms with van der Waals surface area (Å²) in [7, 11) is 0. The van der Waals surface area contributed by atoms with Crippen molar-refractivity contribution in [1.29, 1.82) is 0 Å². The quantitative estimate of drug-likeness (QED) is 0.407. The Balaban J connectivity index is 1.51. The minimum Gasteiger partial charge on any atom is -0.0851 e. The molecule has 0 spiro atoms. The topological polar surface area (TPSA) is 0 Å². The number of hydrogen-bond donors (Lipinski definition) is 0. The first kappa shape index (κ1) is 21.7. The molecular weight excluding hydrogens is 348 g/mol. The van der Waals surface area contributed by atoms with Crippen LogP contribution in [0.4, 0.5) is 0 Å². The molecule has 0 radical (unpaired) electrons. The average Bonchev–Trinajstić information content (AvgIpc) is 3.05. The SMILES string of the molecule is CCC(/C=C/C(C)C1CCC2C3CCC4=CCCCC4(C)C3CCC12C)C(C)C. The van der Waals surface area contributed by atoms with E-state index in [-0.39, 0.29) is 0 Å². The van der Waals surface area contributed by atoms with Crippen LogP contribution in [-0.2, 0) is 0 Å². The lowest BCUT2D eigenvalue weighted by atomic mass is 9.46. The van der Waals surface area contributed by atoms with Gasteiger partial charge in [0.15, 0.2) is 0 Å². The van der Waals surface area contributed by atoms with Gasteiger partial charge in [0.25, 0.3) is 0 Å². The van der Waals surface area contributed by atoms with Crippen LogP contribution in [0.25, 0.3) is 0 Å². The molecule has 0 bridgehead atoms. The molecular formula is C29H48. The molecule has 0 heteroatoms. The minimum atomic E-state index is 0.553. The molecule has 0 aromatic rings. The molecule has 0 aliphatic heterocycles. The molecule has 0 aromatic heterocycles. The summed E-state index contributed by atoms with van der Waals surface area (Å²) in [4.78, 5) is 0. The van der Waals surface area contributed by atoms with Crippen LogP contribution in [-0.4, -0.2) is 0 Å². The van der Waals surface area contributed by atoms with E-state index in [4.69, 9.17) is 0 Å². The van der Waals surface area contributed by atoms with Crippen molar-refractivity contribution in [2.24, 2.45) is 52.3 Å². The van der Waals surface area contributed by atoms with Gasteiger partial charge in [0, 0.05) is 0 Å². The zero-order chi connectivity index (χ0) is 20.8. The lowest BCUT2D eigenvalue weighted by Crippen LogP contribution is -2.50. The Bertz CT molecular complexity index is 638. The summed E-state index contributed by atoms with van der Waals surface area (Å²) < 4.78 is 0. The predicted molar refractivity (Wildman–Crippen MR) is 127 cm³/mol. The van der Waals surface area contributed by atoms with Crippen LogP contribution in [0, 0.1) is 52.3 Å². The minimum absolute atomic E-state index is 0.553. The molecule has 8 atom stereocenters. The summed E-state index contributed by atoms with van der Waals surface area (Å²) in [5, 5.41) is 0. The highest BCUT2D eigenvalue weighted by atomic mass is 14.6. The van der Waals surface area contributed by atoms with Crippen molar-refractivity contribution in [3.8, 4) is 0 Å². The fourth-order valence-electron chi connectivity index (χ4n) is 8.94. The van der Waals surface area contributed by atoms with Crippen molar-refractivity contribution < 1.29 is 0 Å². The van der Waals surface area contributed by atoms with Crippen molar-refractivity contribution in [2.75, 3.05) is 0 Å². The van der Waals surface area contributed by atoms with Gasteiger partial charge in [-0.2, -0.15) is 0 Å². The Morgan fingerprint density at radius 3 is 2.52 bits per heavy atom. The number of allylic oxidation sites excluding steroid dienone is 4. The van der Waals surface area contributed by atoms with Gasteiger partial charge in [-0.25, -0.2) is 0 Å². The van der Waals surface area contributed by atoms with Gasteiger partial charge in [0.05, 0.1) is 0 Å². The van der Waals surface area contributed by atoms with Gasteiger partial charge >= 0.3 is 0 Å². The Kier molecular flexibility index (Phi) is 6.14. The van der Waals surface area contributed by atoms with Crippen molar-refractivity contribution in [3.63, 3.8) is 0 Å². The molecule has 0 nitrogen and oxygen atoms in total. The molecule has 0 aromatic carbocycles. The maximum atomic E-state index is 2.71. The van der Waals surface area contributed by atoms with Crippen LogP contribution in [0.5, 0.6) is 0 Å². The summed E-state index contributed by atoms with van der Waals surface area (Å²) in [5.74, 6) is 6.17. The highest BCUT2D eigenvalue weighted by Gasteiger charge is 2.58. The fourth-order valence-corrected chi connectivity index (χ4v) is 8.94. The third kappa shape index (κ3) is 3.59. The van der Waals surface area contributed by atoms with Gasteiger partial charge in [-0.1, -0.05) is 65.3 Å². The highest BCUT2D eigenvalue weighted by molar-refractivity contribution is 5.24. The largest absolute Gasteiger partial charge is 0.0851 e. The smallest absolute Gasteiger partial charge is 0.00853 e. The number of fused-ring (bicyclic) bond motifs is 5.